The van der Waals surface area contributed by atoms with E-state index in [9.17, 15) is 9.59 Å². The Bertz CT molecular complexity index is 618. The highest BCUT2D eigenvalue weighted by molar-refractivity contribution is 5.71. The second-order valence-electron chi connectivity index (χ2n) is 9.29. The summed E-state index contributed by atoms with van der Waals surface area (Å²) in [4.78, 5) is 24.2. The Morgan fingerprint density at radius 1 is 1.14 bits per heavy atom. The minimum absolute atomic E-state index is 0.0160. The van der Waals surface area contributed by atoms with Gasteiger partial charge in [0, 0.05) is 12.8 Å². The van der Waals surface area contributed by atoms with Crippen LogP contribution in [0.5, 0.6) is 0 Å². The molecule has 0 aromatic heterocycles. The smallest absolute Gasteiger partial charge is 0.308 e. The molecule has 1 saturated carbocycles. The van der Waals surface area contributed by atoms with Crippen LogP contribution in [0.3, 0.4) is 0 Å². The fourth-order valence-corrected chi connectivity index (χ4v) is 4.87. The molecule has 0 aromatic rings. The van der Waals surface area contributed by atoms with Crippen LogP contribution in [0.15, 0.2) is 23.8 Å². The molecule has 4 nitrogen and oxygen atoms in total. The van der Waals surface area contributed by atoms with Gasteiger partial charge in [-0.3, -0.25) is 9.59 Å². The normalized spacial score (nSPS) is 32.4. The lowest BCUT2D eigenvalue weighted by molar-refractivity contribution is -0.154. The molecule has 0 radical (unpaired) electrons. The fraction of sp³-hybridized carbons (Fsp3) is 0.750. The number of carbonyl (C=O) groups excluding carboxylic acids is 2. The van der Waals surface area contributed by atoms with Crippen LogP contribution < -0.4 is 0 Å². The zero-order valence-electron chi connectivity index (χ0n) is 17.7. The maximum Gasteiger partial charge on any atom is 0.308 e. The van der Waals surface area contributed by atoms with Crippen molar-refractivity contribution < 1.29 is 19.1 Å². The van der Waals surface area contributed by atoms with E-state index in [1.54, 1.807) is 0 Å². The maximum absolute atomic E-state index is 12.4. The zero-order valence-corrected chi connectivity index (χ0v) is 17.7. The third-order valence-electron chi connectivity index (χ3n) is 6.43. The van der Waals surface area contributed by atoms with E-state index in [0.717, 1.165) is 44.9 Å². The predicted octanol–water partition coefficient (Wildman–Crippen LogP) is 5.37. The van der Waals surface area contributed by atoms with Gasteiger partial charge in [-0.1, -0.05) is 37.6 Å². The van der Waals surface area contributed by atoms with Crippen molar-refractivity contribution in [2.24, 2.45) is 23.7 Å². The molecule has 0 spiro atoms. The number of carbonyl (C=O) groups is 2. The number of hydrogen-bond acceptors (Lipinski definition) is 4. The Morgan fingerprint density at radius 2 is 1.96 bits per heavy atom. The van der Waals surface area contributed by atoms with E-state index in [4.69, 9.17) is 9.47 Å². The van der Waals surface area contributed by atoms with Crippen LogP contribution in [-0.2, 0) is 19.1 Å². The van der Waals surface area contributed by atoms with Gasteiger partial charge in [-0.25, -0.2) is 0 Å². The van der Waals surface area contributed by atoms with Crippen molar-refractivity contribution in [3.8, 4) is 0 Å². The summed E-state index contributed by atoms with van der Waals surface area (Å²) in [6, 6.07) is 0. The van der Waals surface area contributed by atoms with Crippen LogP contribution in [0.4, 0.5) is 0 Å². The molecule has 3 aliphatic rings. The van der Waals surface area contributed by atoms with Crippen LogP contribution >= 0.6 is 0 Å². The molecule has 1 fully saturated rings. The number of ether oxygens (including phenoxy) is 2. The van der Waals surface area contributed by atoms with Gasteiger partial charge < -0.3 is 9.47 Å². The molecule has 3 aliphatic carbocycles. The average Bonchev–Trinajstić information content (AvgIpc) is 3.22. The summed E-state index contributed by atoms with van der Waals surface area (Å²) in [6.07, 6.45) is 15.3. The molecule has 156 valence electrons. The first kappa shape index (κ1) is 21.1. The van der Waals surface area contributed by atoms with E-state index in [2.05, 4.69) is 18.2 Å². The lowest BCUT2D eigenvalue weighted by Crippen LogP contribution is -2.23. The van der Waals surface area contributed by atoms with Crippen molar-refractivity contribution in [1.29, 1.82) is 0 Å². The summed E-state index contributed by atoms with van der Waals surface area (Å²) in [7, 11) is 0. The van der Waals surface area contributed by atoms with Gasteiger partial charge in [0.2, 0.25) is 0 Å². The topological polar surface area (TPSA) is 52.6 Å². The van der Waals surface area contributed by atoms with E-state index in [0.29, 0.717) is 24.2 Å². The molecular formula is C24H36O4. The monoisotopic (exact) mass is 388 g/mol. The van der Waals surface area contributed by atoms with Gasteiger partial charge in [0.15, 0.2) is 0 Å². The molecule has 5 atom stereocenters. The van der Waals surface area contributed by atoms with E-state index in [1.807, 2.05) is 20.8 Å². The van der Waals surface area contributed by atoms with Crippen LogP contribution in [-0.4, -0.2) is 24.1 Å². The van der Waals surface area contributed by atoms with Crippen LogP contribution in [0.2, 0.25) is 0 Å². The van der Waals surface area contributed by atoms with Crippen molar-refractivity contribution in [3.63, 3.8) is 0 Å². The van der Waals surface area contributed by atoms with E-state index < -0.39 is 0 Å². The Labute approximate surface area is 169 Å². The highest BCUT2D eigenvalue weighted by Gasteiger charge is 2.37. The molecule has 5 unspecified atom stereocenters. The largest absolute Gasteiger partial charge is 0.462 e. The summed E-state index contributed by atoms with van der Waals surface area (Å²) in [5.74, 6) is 1.53. The highest BCUT2D eigenvalue weighted by Crippen LogP contribution is 2.45. The molecule has 0 aliphatic heterocycles. The third-order valence-corrected chi connectivity index (χ3v) is 6.43. The Kier molecular flexibility index (Phi) is 7.36. The van der Waals surface area contributed by atoms with Gasteiger partial charge in [0.1, 0.15) is 12.2 Å². The lowest BCUT2D eigenvalue weighted by atomic mass is 9.90. The van der Waals surface area contributed by atoms with Gasteiger partial charge in [-0.2, -0.15) is 0 Å². The summed E-state index contributed by atoms with van der Waals surface area (Å²) in [6.45, 7) is 5.74. The quantitative estimate of drug-likeness (QED) is 0.435. The zero-order chi connectivity index (χ0) is 20.1. The number of esters is 2. The lowest BCUT2D eigenvalue weighted by Gasteiger charge is -2.23. The Morgan fingerprint density at radius 3 is 2.64 bits per heavy atom. The van der Waals surface area contributed by atoms with Crippen LogP contribution in [0.25, 0.3) is 0 Å². The van der Waals surface area contributed by atoms with E-state index in [1.165, 1.54) is 12.0 Å². The maximum atomic E-state index is 12.4. The average molecular weight is 389 g/mol. The summed E-state index contributed by atoms with van der Waals surface area (Å²) < 4.78 is 11.4. The van der Waals surface area contributed by atoms with Crippen molar-refractivity contribution in [1.82, 2.24) is 0 Å². The third kappa shape index (κ3) is 5.96. The molecule has 2 bridgehead atoms. The van der Waals surface area contributed by atoms with Crippen molar-refractivity contribution in [2.45, 2.75) is 90.8 Å². The summed E-state index contributed by atoms with van der Waals surface area (Å²) in [5.41, 5.74) is 1.33. The van der Waals surface area contributed by atoms with Crippen LogP contribution in [0, 0.1) is 23.7 Å². The number of hydrogen-bond donors (Lipinski definition) is 0. The van der Waals surface area contributed by atoms with Crippen molar-refractivity contribution in [2.75, 3.05) is 0 Å². The van der Waals surface area contributed by atoms with Gasteiger partial charge in [0.05, 0.1) is 5.92 Å². The molecule has 28 heavy (non-hydrogen) atoms. The van der Waals surface area contributed by atoms with Crippen molar-refractivity contribution >= 4 is 11.9 Å². The fourth-order valence-electron chi connectivity index (χ4n) is 4.87. The van der Waals surface area contributed by atoms with Gasteiger partial charge in [0.25, 0.3) is 0 Å². The minimum atomic E-state index is -0.103. The SMILES string of the molecule is CC(C/C1=C\CCCC(OC(=O)C(C)C)CC1)OC(=O)CC1CC2C=CC1C2. The van der Waals surface area contributed by atoms with Crippen molar-refractivity contribution in [3.05, 3.63) is 23.8 Å². The second-order valence-corrected chi connectivity index (χ2v) is 9.29. The highest BCUT2D eigenvalue weighted by atomic mass is 16.5. The molecule has 0 saturated heterocycles. The molecule has 0 heterocycles. The van der Waals surface area contributed by atoms with Gasteiger partial charge >= 0.3 is 11.9 Å². The molecule has 3 rings (SSSR count). The first-order valence-corrected chi connectivity index (χ1v) is 11.2. The molecular weight excluding hydrogens is 352 g/mol. The second kappa shape index (κ2) is 9.76. The summed E-state index contributed by atoms with van der Waals surface area (Å²) >= 11 is 0. The Balaban J connectivity index is 1.41. The molecule has 0 aromatic carbocycles. The molecule has 0 amide bonds. The molecule has 0 N–H and O–H groups in total. The van der Waals surface area contributed by atoms with Crippen LogP contribution in [0.1, 0.15) is 78.6 Å². The van der Waals surface area contributed by atoms with E-state index in [-0.39, 0.29) is 30.1 Å². The minimum Gasteiger partial charge on any atom is -0.462 e. The predicted molar refractivity (Wildman–Crippen MR) is 110 cm³/mol. The number of rotatable bonds is 7. The number of fused-ring (bicyclic) bond motifs is 2. The first-order chi connectivity index (χ1) is 13.4. The molecule has 4 heteroatoms. The first-order valence-electron chi connectivity index (χ1n) is 11.2. The van der Waals surface area contributed by atoms with Gasteiger partial charge in [-0.05, 0) is 69.6 Å². The number of allylic oxidation sites excluding steroid dienone is 3. The standard InChI is InChI=1S/C24H36O4/c1-16(2)24(26)28-22-7-5-4-6-18(9-11-22)12-17(3)27-23(25)15-21-14-19-8-10-20(21)13-19/h6,8,10,16-17,19-22H,4-5,7,9,11-15H2,1-3H3/b18-6-. The summed E-state index contributed by atoms with van der Waals surface area (Å²) in [5, 5.41) is 0. The Hall–Kier alpha value is -1.58. The van der Waals surface area contributed by atoms with E-state index >= 15 is 0 Å². The van der Waals surface area contributed by atoms with Gasteiger partial charge in [-0.15, -0.1) is 0 Å².